The second kappa shape index (κ2) is 6.07. The van der Waals surface area contributed by atoms with E-state index in [1.54, 1.807) is 4.90 Å². The lowest BCUT2D eigenvalue weighted by Crippen LogP contribution is -2.44. The molecule has 3 rings (SSSR count). The number of nitrogens with one attached hydrogen (secondary N) is 2. The fraction of sp³-hybridized carbons (Fsp3) is 0.571. The number of aromatic nitrogens is 1. The third kappa shape index (κ3) is 3.99. The van der Waals surface area contributed by atoms with Gasteiger partial charge in [0.1, 0.15) is 5.82 Å². The van der Waals surface area contributed by atoms with Gasteiger partial charge in [0.05, 0.1) is 10.6 Å². The van der Waals surface area contributed by atoms with E-state index in [2.05, 4.69) is 15.6 Å². The number of amides is 2. The minimum Gasteiger partial charge on any atom is -0.353 e. The van der Waals surface area contributed by atoms with E-state index in [1.807, 2.05) is 0 Å². The number of rotatable bonds is 3. The fourth-order valence-corrected chi connectivity index (χ4v) is 2.81. The van der Waals surface area contributed by atoms with Gasteiger partial charge >= 0.3 is 12.2 Å². The number of hydrogen-bond acceptors (Lipinski definition) is 3. The molecule has 0 bridgehead atoms. The highest BCUT2D eigenvalue weighted by molar-refractivity contribution is 6.33. The number of halogens is 4. The van der Waals surface area contributed by atoms with Gasteiger partial charge in [-0.1, -0.05) is 11.6 Å². The second-order valence-corrected chi connectivity index (χ2v) is 6.26. The predicted octanol–water partition coefficient (Wildman–Crippen LogP) is 2.79. The maximum absolute atomic E-state index is 12.6. The molecule has 1 atom stereocenters. The standard InChI is InChI=1S/C14H16ClF3N4O/c15-11-5-8(14(16,17)18)6-19-12(11)22-4-3-10(7-22)21-13(23)20-9-1-2-9/h5-6,9-10H,1-4,7H2,(H2,20,21,23)/t10-/m1/s1. The first kappa shape index (κ1) is 16.2. The van der Waals surface area contributed by atoms with Crippen molar-refractivity contribution in [3.8, 4) is 0 Å². The smallest absolute Gasteiger partial charge is 0.353 e. The number of carbonyl (C=O) groups excluding carboxylic acids is 1. The van der Waals surface area contributed by atoms with Gasteiger partial charge in [-0.3, -0.25) is 0 Å². The zero-order chi connectivity index (χ0) is 16.6. The van der Waals surface area contributed by atoms with Gasteiger partial charge in [0.2, 0.25) is 0 Å². The van der Waals surface area contributed by atoms with E-state index in [0.717, 1.165) is 25.1 Å². The maximum atomic E-state index is 12.6. The van der Waals surface area contributed by atoms with Crippen molar-refractivity contribution in [2.45, 2.75) is 37.5 Å². The summed E-state index contributed by atoms with van der Waals surface area (Å²) in [5, 5.41) is 5.66. The van der Waals surface area contributed by atoms with Gasteiger partial charge < -0.3 is 15.5 Å². The number of pyridine rings is 1. The van der Waals surface area contributed by atoms with Crippen LogP contribution in [-0.4, -0.2) is 36.2 Å². The van der Waals surface area contributed by atoms with E-state index in [0.29, 0.717) is 25.3 Å². The molecular weight excluding hydrogens is 333 g/mol. The van der Waals surface area contributed by atoms with Gasteiger partial charge in [0.25, 0.3) is 0 Å². The summed E-state index contributed by atoms with van der Waals surface area (Å²) >= 11 is 5.94. The highest BCUT2D eigenvalue weighted by atomic mass is 35.5. The normalized spacial score (nSPS) is 21.4. The van der Waals surface area contributed by atoms with Crippen LogP contribution in [0, 0.1) is 0 Å². The Morgan fingerprint density at radius 1 is 1.26 bits per heavy atom. The number of urea groups is 1. The van der Waals surface area contributed by atoms with Crippen molar-refractivity contribution in [1.82, 2.24) is 15.6 Å². The summed E-state index contributed by atoms with van der Waals surface area (Å²) in [6, 6.07) is 0.878. The third-order valence-corrected chi connectivity index (χ3v) is 4.16. The summed E-state index contributed by atoms with van der Waals surface area (Å²) in [7, 11) is 0. The van der Waals surface area contributed by atoms with Gasteiger partial charge in [-0.2, -0.15) is 13.2 Å². The van der Waals surface area contributed by atoms with Crippen molar-refractivity contribution in [1.29, 1.82) is 0 Å². The van der Waals surface area contributed by atoms with Crippen LogP contribution in [0.2, 0.25) is 5.02 Å². The van der Waals surface area contributed by atoms with E-state index < -0.39 is 11.7 Å². The predicted molar refractivity (Wildman–Crippen MR) is 79.6 cm³/mol. The lowest BCUT2D eigenvalue weighted by atomic mass is 10.2. The van der Waals surface area contributed by atoms with E-state index in [9.17, 15) is 18.0 Å². The monoisotopic (exact) mass is 348 g/mol. The molecule has 2 N–H and O–H groups in total. The Hall–Kier alpha value is -1.70. The molecule has 0 radical (unpaired) electrons. The maximum Gasteiger partial charge on any atom is 0.417 e. The molecular formula is C14H16ClF3N4O. The van der Waals surface area contributed by atoms with Crippen LogP contribution in [-0.2, 0) is 6.18 Å². The minimum absolute atomic E-state index is 0.0390. The summed E-state index contributed by atoms with van der Waals surface area (Å²) in [5.74, 6) is 0.312. The zero-order valence-electron chi connectivity index (χ0n) is 12.2. The number of nitrogens with zero attached hydrogens (tertiary/aromatic N) is 2. The second-order valence-electron chi connectivity index (χ2n) is 5.85. The first-order valence-corrected chi connectivity index (χ1v) is 7.75. The van der Waals surface area contributed by atoms with E-state index >= 15 is 0 Å². The summed E-state index contributed by atoms with van der Waals surface area (Å²) in [5.41, 5.74) is -0.871. The topological polar surface area (TPSA) is 57.3 Å². The van der Waals surface area contributed by atoms with Crippen molar-refractivity contribution in [3.63, 3.8) is 0 Å². The molecule has 5 nitrogen and oxygen atoms in total. The molecule has 1 saturated heterocycles. The molecule has 0 aromatic carbocycles. The van der Waals surface area contributed by atoms with E-state index in [1.165, 1.54) is 0 Å². The van der Waals surface area contributed by atoms with Crippen LogP contribution in [0.4, 0.5) is 23.8 Å². The number of hydrogen-bond donors (Lipinski definition) is 2. The van der Waals surface area contributed by atoms with E-state index in [-0.39, 0.29) is 23.1 Å². The number of alkyl halides is 3. The molecule has 9 heteroatoms. The molecule has 23 heavy (non-hydrogen) atoms. The first-order valence-electron chi connectivity index (χ1n) is 7.37. The van der Waals surface area contributed by atoms with Crippen molar-refractivity contribution in [2.75, 3.05) is 18.0 Å². The highest BCUT2D eigenvalue weighted by Gasteiger charge is 2.33. The Morgan fingerprint density at radius 2 is 1.96 bits per heavy atom. The van der Waals surface area contributed by atoms with Gasteiger partial charge in [0, 0.05) is 31.4 Å². The Bertz CT molecular complexity index is 606. The van der Waals surface area contributed by atoms with Gasteiger partial charge in [0.15, 0.2) is 0 Å². The van der Waals surface area contributed by atoms with Crippen LogP contribution in [0.5, 0.6) is 0 Å². The van der Waals surface area contributed by atoms with Gasteiger partial charge in [-0.25, -0.2) is 9.78 Å². The molecule has 0 spiro atoms. The third-order valence-electron chi connectivity index (χ3n) is 3.88. The number of anilines is 1. The lowest BCUT2D eigenvalue weighted by Gasteiger charge is -2.20. The quantitative estimate of drug-likeness (QED) is 0.883. The first-order chi connectivity index (χ1) is 10.8. The summed E-state index contributed by atoms with van der Waals surface area (Å²) in [4.78, 5) is 17.3. The van der Waals surface area contributed by atoms with Crippen molar-refractivity contribution in [3.05, 3.63) is 22.8 Å². The van der Waals surface area contributed by atoms with Crippen LogP contribution in [0.15, 0.2) is 12.3 Å². The molecule has 1 aromatic rings. The molecule has 2 amide bonds. The Morgan fingerprint density at radius 3 is 2.57 bits per heavy atom. The molecule has 1 aromatic heterocycles. The molecule has 0 unspecified atom stereocenters. The van der Waals surface area contributed by atoms with E-state index in [4.69, 9.17) is 11.6 Å². The summed E-state index contributed by atoms with van der Waals surface area (Å²) in [6.45, 7) is 1.04. The Labute approximate surface area is 136 Å². The fourth-order valence-electron chi connectivity index (χ4n) is 2.53. The zero-order valence-corrected chi connectivity index (χ0v) is 12.9. The average Bonchev–Trinajstić information content (AvgIpc) is 3.14. The largest absolute Gasteiger partial charge is 0.417 e. The summed E-state index contributed by atoms with van der Waals surface area (Å²) in [6.07, 6.45) is -0.978. The Balaban J connectivity index is 1.61. The highest BCUT2D eigenvalue weighted by Crippen LogP contribution is 2.34. The lowest BCUT2D eigenvalue weighted by molar-refractivity contribution is -0.137. The summed E-state index contributed by atoms with van der Waals surface area (Å²) < 4.78 is 37.9. The van der Waals surface area contributed by atoms with Crippen LogP contribution in [0.3, 0.4) is 0 Å². The SMILES string of the molecule is O=C(NC1CC1)N[C@@H]1CCN(c2ncc(C(F)(F)F)cc2Cl)C1. The molecule has 1 saturated carbocycles. The molecule has 2 heterocycles. The van der Waals surface area contributed by atoms with Crippen molar-refractivity contribution >= 4 is 23.4 Å². The van der Waals surface area contributed by atoms with Crippen LogP contribution >= 0.6 is 11.6 Å². The molecule has 126 valence electrons. The average molecular weight is 349 g/mol. The molecule has 1 aliphatic heterocycles. The molecule has 1 aliphatic carbocycles. The number of carbonyl (C=O) groups is 1. The minimum atomic E-state index is -4.47. The van der Waals surface area contributed by atoms with Crippen molar-refractivity contribution in [2.24, 2.45) is 0 Å². The van der Waals surface area contributed by atoms with Crippen molar-refractivity contribution < 1.29 is 18.0 Å². The molecule has 2 fully saturated rings. The van der Waals surface area contributed by atoms with Crippen LogP contribution < -0.4 is 15.5 Å². The Kier molecular flexibility index (Phi) is 4.27. The molecule has 2 aliphatic rings. The van der Waals surface area contributed by atoms with Crippen LogP contribution in [0.1, 0.15) is 24.8 Å². The van der Waals surface area contributed by atoms with Crippen LogP contribution in [0.25, 0.3) is 0 Å². The van der Waals surface area contributed by atoms with Gasteiger partial charge in [-0.05, 0) is 25.3 Å². The van der Waals surface area contributed by atoms with Gasteiger partial charge in [-0.15, -0.1) is 0 Å².